The van der Waals surface area contributed by atoms with E-state index in [1.807, 2.05) is 0 Å². The van der Waals surface area contributed by atoms with Crippen molar-refractivity contribution in [1.29, 1.82) is 0 Å². The van der Waals surface area contributed by atoms with E-state index in [0.717, 1.165) is 0 Å². The van der Waals surface area contributed by atoms with E-state index < -0.39 is 0 Å². The highest BCUT2D eigenvalue weighted by Gasteiger charge is 2.19. The molecule has 0 fully saturated rings. The lowest BCUT2D eigenvalue weighted by Gasteiger charge is -2.23. The van der Waals surface area contributed by atoms with Gasteiger partial charge in [0.1, 0.15) is 5.76 Å². The fraction of sp³-hybridized carbons (Fsp3) is 0.250. The van der Waals surface area contributed by atoms with Crippen LogP contribution in [0, 0.1) is 0 Å². The number of nitrogens with zero attached hydrogens (tertiary/aromatic N) is 1. The standard InChI is InChI=1S/C16H16Cl2N2O3/c1-11(21)20(16-13(17)5-2-6-14(16)18)8-7-15(22)19-10-12-4-3-9-23-12/h2-6,9H,7-8,10H2,1H3,(H,19,22). The Morgan fingerprint density at radius 2 is 1.87 bits per heavy atom. The van der Waals surface area contributed by atoms with E-state index in [4.69, 9.17) is 27.6 Å². The van der Waals surface area contributed by atoms with Crippen LogP contribution in [0.3, 0.4) is 0 Å². The summed E-state index contributed by atoms with van der Waals surface area (Å²) in [6.07, 6.45) is 1.67. The summed E-state index contributed by atoms with van der Waals surface area (Å²) in [5.41, 5.74) is 0.419. The SMILES string of the molecule is CC(=O)N(CCC(=O)NCc1ccco1)c1c(Cl)cccc1Cl. The normalized spacial score (nSPS) is 10.4. The first kappa shape index (κ1) is 17.4. The Labute approximate surface area is 144 Å². The number of benzene rings is 1. The van der Waals surface area contributed by atoms with E-state index in [1.165, 1.54) is 11.8 Å². The molecular formula is C16H16Cl2N2O3. The van der Waals surface area contributed by atoms with Crippen LogP contribution < -0.4 is 10.2 Å². The zero-order chi connectivity index (χ0) is 16.8. The summed E-state index contributed by atoms with van der Waals surface area (Å²) in [6.45, 7) is 1.89. The Kier molecular flexibility index (Phi) is 6.07. The Balaban J connectivity index is 1.97. The van der Waals surface area contributed by atoms with Gasteiger partial charge in [0.05, 0.1) is 28.5 Å². The molecule has 1 aromatic heterocycles. The largest absolute Gasteiger partial charge is 0.467 e. The van der Waals surface area contributed by atoms with Gasteiger partial charge in [-0.2, -0.15) is 0 Å². The zero-order valence-corrected chi connectivity index (χ0v) is 14.0. The number of hydrogen-bond donors (Lipinski definition) is 1. The summed E-state index contributed by atoms with van der Waals surface area (Å²) in [6, 6.07) is 8.51. The average molecular weight is 355 g/mol. The topological polar surface area (TPSA) is 62.6 Å². The quantitative estimate of drug-likeness (QED) is 0.861. The minimum atomic E-state index is -0.237. The predicted octanol–water partition coefficient (Wildman–Crippen LogP) is 3.65. The second-order valence-electron chi connectivity index (χ2n) is 4.85. The molecule has 0 aliphatic carbocycles. The molecule has 23 heavy (non-hydrogen) atoms. The van der Waals surface area contributed by atoms with Gasteiger partial charge in [-0.1, -0.05) is 29.3 Å². The van der Waals surface area contributed by atoms with E-state index in [0.29, 0.717) is 28.0 Å². The van der Waals surface area contributed by atoms with Crippen molar-refractivity contribution in [3.05, 3.63) is 52.4 Å². The molecule has 1 aromatic carbocycles. The van der Waals surface area contributed by atoms with E-state index in [2.05, 4.69) is 5.32 Å². The number of nitrogens with one attached hydrogen (secondary N) is 1. The highest BCUT2D eigenvalue weighted by molar-refractivity contribution is 6.39. The Bertz CT molecular complexity index is 666. The molecule has 0 spiro atoms. The maximum atomic E-state index is 11.9. The molecule has 1 N–H and O–H groups in total. The summed E-state index contributed by atoms with van der Waals surface area (Å²) in [5.74, 6) is 0.227. The number of anilines is 1. The first-order valence-corrected chi connectivity index (χ1v) is 7.76. The lowest BCUT2D eigenvalue weighted by molar-refractivity contribution is -0.121. The van der Waals surface area contributed by atoms with Crippen LogP contribution >= 0.6 is 23.2 Å². The van der Waals surface area contributed by atoms with Gasteiger partial charge >= 0.3 is 0 Å². The summed E-state index contributed by atoms with van der Waals surface area (Å²) >= 11 is 12.2. The Morgan fingerprint density at radius 1 is 1.17 bits per heavy atom. The summed E-state index contributed by atoms with van der Waals surface area (Å²) in [7, 11) is 0. The van der Waals surface area contributed by atoms with Crippen LogP contribution in [-0.4, -0.2) is 18.4 Å². The predicted molar refractivity (Wildman–Crippen MR) is 89.7 cm³/mol. The van der Waals surface area contributed by atoms with Crippen LogP contribution in [0.15, 0.2) is 41.0 Å². The van der Waals surface area contributed by atoms with Gasteiger partial charge in [-0.3, -0.25) is 9.59 Å². The molecule has 0 atom stereocenters. The van der Waals surface area contributed by atoms with Crippen molar-refractivity contribution in [2.75, 3.05) is 11.4 Å². The highest BCUT2D eigenvalue weighted by atomic mass is 35.5. The van der Waals surface area contributed by atoms with Gasteiger partial charge < -0.3 is 14.6 Å². The molecule has 5 nitrogen and oxygen atoms in total. The van der Waals surface area contributed by atoms with Gasteiger partial charge in [0, 0.05) is 19.9 Å². The molecule has 2 rings (SSSR count). The van der Waals surface area contributed by atoms with Gasteiger partial charge in [0.25, 0.3) is 0 Å². The minimum Gasteiger partial charge on any atom is -0.467 e. The van der Waals surface area contributed by atoms with Crippen LogP contribution in [0.1, 0.15) is 19.1 Å². The maximum Gasteiger partial charge on any atom is 0.223 e. The van der Waals surface area contributed by atoms with Gasteiger partial charge in [-0.15, -0.1) is 0 Å². The van der Waals surface area contributed by atoms with Crippen molar-refractivity contribution in [1.82, 2.24) is 5.32 Å². The molecule has 122 valence electrons. The minimum absolute atomic E-state index is 0.127. The van der Waals surface area contributed by atoms with Gasteiger partial charge in [-0.25, -0.2) is 0 Å². The molecule has 0 radical (unpaired) electrons. The molecule has 7 heteroatoms. The first-order valence-electron chi connectivity index (χ1n) is 7.00. The monoisotopic (exact) mass is 354 g/mol. The molecule has 0 unspecified atom stereocenters. The average Bonchev–Trinajstić information content (AvgIpc) is 3.01. The van der Waals surface area contributed by atoms with Gasteiger partial charge in [-0.05, 0) is 24.3 Å². The van der Waals surface area contributed by atoms with Gasteiger partial charge in [0.2, 0.25) is 11.8 Å². The third kappa shape index (κ3) is 4.74. The van der Waals surface area contributed by atoms with Crippen molar-refractivity contribution >= 4 is 40.7 Å². The molecular weight excluding hydrogens is 339 g/mol. The molecule has 0 bridgehead atoms. The third-order valence-electron chi connectivity index (χ3n) is 3.19. The number of amides is 2. The molecule has 0 aliphatic rings. The van der Waals surface area contributed by atoms with Crippen LogP contribution in [0.25, 0.3) is 0 Å². The first-order chi connectivity index (χ1) is 11.0. The fourth-order valence-electron chi connectivity index (χ4n) is 2.07. The maximum absolute atomic E-state index is 11.9. The van der Waals surface area contributed by atoms with Crippen LogP contribution in [0.2, 0.25) is 10.0 Å². The fourth-order valence-corrected chi connectivity index (χ4v) is 2.68. The van der Waals surface area contributed by atoms with Crippen LogP contribution in [0.5, 0.6) is 0 Å². The summed E-state index contributed by atoms with van der Waals surface area (Å²) in [4.78, 5) is 25.2. The number of carbonyl (C=O) groups is 2. The number of furan rings is 1. The molecule has 1 heterocycles. The number of para-hydroxylation sites is 1. The van der Waals surface area contributed by atoms with E-state index >= 15 is 0 Å². The van der Waals surface area contributed by atoms with Crippen molar-refractivity contribution < 1.29 is 14.0 Å². The summed E-state index contributed by atoms with van der Waals surface area (Å²) in [5, 5.41) is 3.45. The van der Waals surface area contributed by atoms with E-state index in [1.54, 1.807) is 36.6 Å². The molecule has 0 saturated carbocycles. The summed E-state index contributed by atoms with van der Waals surface area (Å²) < 4.78 is 5.13. The number of rotatable bonds is 6. The Hall–Kier alpha value is -1.98. The number of hydrogen-bond acceptors (Lipinski definition) is 3. The lowest BCUT2D eigenvalue weighted by Crippen LogP contribution is -2.34. The second kappa shape index (κ2) is 8.04. The van der Waals surface area contributed by atoms with Gasteiger partial charge in [0.15, 0.2) is 0 Å². The molecule has 2 aromatic rings. The van der Waals surface area contributed by atoms with Crippen molar-refractivity contribution in [2.45, 2.75) is 19.9 Å². The number of halogens is 2. The van der Waals surface area contributed by atoms with Crippen molar-refractivity contribution in [2.24, 2.45) is 0 Å². The van der Waals surface area contributed by atoms with E-state index in [9.17, 15) is 9.59 Å². The highest BCUT2D eigenvalue weighted by Crippen LogP contribution is 2.33. The smallest absolute Gasteiger partial charge is 0.223 e. The molecule has 0 aliphatic heterocycles. The van der Waals surface area contributed by atoms with Crippen molar-refractivity contribution in [3.8, 4) is 0 Å². The second-order valence-corrected chi connectivity index (χ2v) is 5.66. The third-order valence-corrected chi connectivity index (χ3v) is 3.80. The number of carbonyl (C=O) groups excluding carboxylic acids is 2. The molecule has 0 saturated heterocycles. The van der Waals surface area contributed by atoms with E-state index in [-0.39, 0.29) is 24.8 Å². The van der Waals surface area contributed by atoms with Crippen LogP contribution in [-0.2, 0) is 16.1 Å². The lowest BCUT2D eigenvalue weighted by atomic mass is 10.2. The van der Waals surface area contributed by atoms with Crippen LogP contribution in [0.4, 0.5) is 5.69 Å². The Morgan fingerprint density at radius 3 is 2.43 bits per heavy atom. The zero-order valence-electron chi connectivity index (χ0n) is 12.5. The molecule has 2 amide bonds. The van der Waals surface area contributed by atoms with Crippen molar-refractivity contribution in [3.63, 3.8) is 0 Å².